The molecule has 0 unspecified atom stereocenters. The van der Waals surface area contributed by atoms with Crippen LogP contribution in [0.15, 0.2) is 0 Å². The lowest BCUT2D eigenvalue weighted by molar-refractivity contribution is -0.146. The van der Waals surface area contributed by atoms with E-state index in [-0.39, 0.29) is 12.2 Å². The number of carboxylic acids is 1. The Bertz CT molecular complexity index is 272. The molecule has 2 aliphatic carbocycles. The van der Waals surface area contributed by atoms with Gasteiger partial charge in [-0.15, -0.1) is 0 Å². The highest BCUT2D eigenvalue weighted by Crippen LogP contribution is 2.52. The first-order valence-electron chi connectivity index (χ1n) is 5.40. The Kier molecular flexibility index (Phi) is 2.33. The van der Waals surface area contributed by atoms with Crippen LogP contribution in [0.2, 0.25) is 0 Å². The topological polar surface area (TPSA) is 54.4 Å². The summed E-state index contributed by atoms with van der Waals surface area (Å²) in [5.74, 6) is -0.239. The summed E-state index contributed by atoms with van der Waals surface area (Å²) in [4.78, 5) is 22.6. The third kappa shape index (κ3) is 1.35. The van der Waals surface area contributed by atoms with E-state index in [1.807, 2.05) is 0 Å². The Hall–Kier alpha value is -0.860. The number of ketones is 1. The van der Waals surface area contributed by atoms with Gasteiger partial charge in [-0.25, -0.2) is 0 Å². The summed E-state index contributed by atoms with van der Waals surface area (Å²) < 4.78 is 0. The zero-order valence-corrected chi connectivity index (χ0v) is 8.29. The number of hydrogen-bond donors (Lipinski definition) is 1. The second kappa shape index (κ2) is 3.37. The Balaban J connectivity index is 2.24. The molecule has 2 atom stereocenters. The van der Waals surface area contributed by atoms with Crippen molar-refractivity contribution in [2.75, 3.05) is 0 Å². The van der Waals surface area contributed by atoms with Gasteiger partial charge in [0.2, 0.25) is 0 Å². The molecule has 78 valence electrons. The second-order valence-electron chi connectivity index (χ2n) is 4.63. The third-order valence-corrected chi connectivity index (χ3v) is 3.95. The lowest BCUT2D eigenvalue weighted by Gasteiger charge is -2.36. The number of aliphatic carboxylic acids is 1. The van der Waals surface area contributed by atoms with Crippen molar-refractivity contribution >= 4 is 11.8 Å². The van der Waals surface area contributed by atoms with E-state index in [0.29, 0.717) is 12.3 Å². The van der Waals surface area contributed by atoms with Crippen molar-refractivity contribution in [2.24, 2.45) is 11.3 Å². The van der Waals surface area contributed by atoms with Gasteiger partial charge in [0, 0.05) is 11.8 Å². The predicted molar refractivity (Wildman–Crippen MR) is 50.9 cm³/mol. The molecule has 0 spiro atoms. The molecule has 0 aromatic carbocycles. The van der Waals surface area contributed by atoms with Crippen LogP contribution in [-0.4, -0.2) is 16.9 Å². The van der Waals surface area contributed by atoms with Crippen LogP contribution in [0, 0.1) is 11.3 Å². The summed E-state index contributed by atoms with van der Waals surface area (Å²) in [6.07, 6.45) is 5.65. The summed E-state index contributed by atoms with van der Waals surface area (Å²) in [7, 11) is 0. The second-order valence-corrected chi connectivity index (χ2v) is 4.63. The Morgan fingerprint density at radius 2 is 2.21 bits per heavy atom. The predicted octanol–water partition coefficient (Wildman–Crippen LogP) is 2.00. The van der Waals surface area contributed by atoms with Gasteiger partial charge in [0.1, 0.15) is 5.78 Å². The van der Waals surface area contributed by atoms with Crippen LogP contribution < -0.4 is 0 Å². The highest BCUT2D eigenvalue weighted by atomic mass is 16.4. The number of hydrogen-bond acceptors (Lipinski definition) is 2. The van der Waals surface area contributed by atoms with Crippen molar-refractivity contribution in [1.82, 2.24) is 0 Å². The first-order valence-corrected chi connectivity index (χ1v) is 5.40. The van der Waals surface area contributed by atoms with Gasteiger partial charge in [0.25, 0.3) is 0 Å². The fourth-order valence-electron chi connectivity index (χ4n) is 3.25. The minimum Gasteiger partial charge on any atom is -0.481 e. The number of Topliss-reactive ketones (excluding diaryl/α,β-unsaturated/α-hetero) is 1. The highest BCUT2D eigenvalue weighted by Gasteiger charge is 2.51. The van der Waals surface area contributed by atoms with Gasteiger partial charge in [-0.3, -0.25) is 9.59 Å². The molecule has 2 aliphatic rings. The average Bonchev–Trinajstić information content (AvgIpc) is 2.44. The lowest BCUT2D eigenvalue weighted by atomic mass is 9.66. The minimum atomic E-state index is -0.813. The summed E-state index contributed by atoms with van der Waals surface area (Å²) in [5, 5.41) is 8.87. The van der Waals surface area contributed by atoms with Gasteiger partial charge in [-0.05, 0) is 25.2 Å². The maximum Gasteiger partial charge on any atom is 0.304 e. The first kappa shape index (κ1) is 9.69. The van der Waals surface area contributed by atoms with E-state index in [1.54, 1.807) is 0 Å². The van der Waals surface area contributed by atoms with Gasteiger partial charge in [-0.2, -0.15) is 0 Å². The van der Waals surface area contributed by atoms with Crippen molar-refractivity contribution in [2.45, 2.75) is 44.9 Å². The van der Waals surface area contributed by atoms with Crippen LogP contribution in [0.1, 0.15) is 44.9 Å². The highest BCUT2D eigenvalue weighted by molar-refractivity contribution is 5.90. The van der Waals surface area contributed by atoms with Gasteiger partial charge in [0.05, 0.1) is 6.42 Å². The third-order valence-electron chi connectivity index (χ3n) is 3.95. The summed E-state index contributed by atoms with van der Waals surface area (Å²) in [6, 6.07) is 0. The van der Waals surface area contributed by atoms with Gasteiger partial charge >= 0.3 is 5.97 Å². The van der Waals surface area contributed by atoms with Crippen molar-refractivity contribution in [3.63, 3.8) is 0 Å². The molecule has 0 radical (unpaired) electrons. The summed E-state index contributed by atoms with van der Waals surface area (Å²) in [6.45, 7) is 0. The molecule has 2 saturated carbocycles. The van der Waals surface area contributed by atoms with E-state index in [2.05, 4.69) is 0 Å². The number of carboxylic acid groups (broad SMARTS) is 1. The number of carbonyl (C=O) groups excluding carboxylic acids is 1. The lowest BCUT2D eigenvalue weighted by Crippen LogP contribution is -2.37. The Morgan fingerprint density at radius 1 is 1.43 bits per heavy atom. The van der Waals surface area contributed by atoms with E-state index < -0.39 is 11.4 Å². The van der Waals surface area contributed by atoms with Crippen LogP contribution in [0.25, 0.3) is 0 Å². The standard InChI is InChI=1S/C11H16O3/c12-9-5-4-8-3-1-2-6-11(8,9)7-10(13)14/h8H,1-7H2,(H,13,14)/t8-,11+/m0/s1. The smallest absolute Gasteiger partial charge is 0.304 e. The van der Waals surface area contributed by atoms with Crippen LogP contribution in [-0.2, 0) is 9.59 Å². The largest absolute Gasteiger partial charge is 0.481 e. The van der Waals surface area contributed by atoms with Gasteiger partial charge in [0.15, 0.2) is 0 Å². The van der Waals surface area contributed by atoms with Crippen molar-refractivity contribution in [3.8, 4) is 0 Å². The van der Waals surface area contributed by atoms with Crippen LogP contribution in [0.3, 0.4) is 0 Å². The van der Waals surface area contributed by atoms with Gasteiger partial charge in [-0.1, -0.05) is 12.8 Å². The molecule has 0 aromatic heterocycles. The van der Waals surface area contributed by atoms with Crippen molar-refractivity contribution < 1.29 is 14.7 Å². The molecule has 0 aliphatic heterocycles. The van der Waals surface area contributed by atoms with Crippen LogP contribution in [0.5, 0.6) is 0 Å². The average molecular weight is 196 g/mol. The van der Waals surface area contributed by atoms with E-state index in [0.717, 1.165) is 25.7 Å². The SMILES string of the molecule is O=C(O)C[C@]12CCCC[C@H]1CCC2=O. The number of carbonyl (C=O) groups is 2. The minimum absolute atomic E-state index is 0.0660. The summed E-state index contributed by atoms with van der Waals surface area (Å²) in [5.41, 5.74) is -0.468. The quantitative estimate of drug-likeness (QED) is 0.734. The fourth-order valence-corrected chi connectivity index (χ4v) is 3.25. The molecule has 2 fully saturated rings. The summed E-state index contributed by atoms with van der Waals surface area (Å²) >= 11 is 0. The van der Waals surface area contributed by atoms with Crippen molar-refractivity contribution in [3.05, 3.63) is 0 Å². The molecule has 0 aromatic rings. The fraction of sp³-hybridized carbons (Fsp3) is 0.818. The zero-order chi connectivity index (χ0) is 10.2. The van der Waals surface area contributed by atoms with E-state index in [4.69, 9.17) is 5.11 Å². The number of fused-ring (bicyclic) bond motifs is 1. The number of rotatable bonds is 2. The molecular formula is C11H16O3. The monoisotopic (exact) mass is 196 g/mol. The molecule has 3 heteroatoms. The zero-order valence-electron chi connectivity index (χ0n) is 8.29. The normalized spacial score (nSPS) is 36.9. The molecular weight excluding hydrogens is 180 g/mol. The molecule has 0 heterocycles. The molecule has 14 heavy (non-hydrogen) atoms. The van der Waals surface area contributed by atoms with Crippen LogP contribution >= 0.6 is 0 Å². The maximum absolute atomic E-state index is 11.8. The van der Waals surface area contributed by atoms with Crippen LogP contribution in [0.4, 0.5) is 0 Å². The molecule has 2 rings (SSSR count). The first-order chi connectivity index (χ1) is 6.65. The van der Waals surface area contributed by atoms with E-state index >= 15 is 0 Å². The maximum atomic E-state index is 11.8. The Morgan fingerprint density at radius 3 is 2.93 bits per heavy atom. The molecule has 0 saturated heterocycles. The molecule has 0 amide bonds. The van der Waals surface area contributed by atoms with Crippen molar-refractivity contribution in [1.29, 1.82) is 0 Å². The Labute approximate surface area is 83.5 Å². The van der Waals surface area contributed by atoms with E-state index in [9.17, 15) is 9.59 Å². The van der Waals surface area contributed by atoms with Gasteiger partial charge < -0.3 is 5.11 Å². The molecule has 3 nitrogen and oxygen atoms in total. The van der Waals surface area contributed by atoms with E-state index in [1.165, 1.54) is 6.42 Å². The molecule has 0 bridgehead atoms. The molecule has 1 N–H and O–H groups in total.